The summed E-state index contributed by atoms with van der Waals surface area (Å²) in [6.07, 6.45) is 1.27. The number of ether oxygens (including phenoxy) is 1. The van der Waals surface area contributed by atoms with E-state index in [0.29, 0.717) is 15.8 Å². The Bertz CT molecular complexity index is 583. The molecule has 2 aromatic rings. The first kappa shape index (κ1) is 13.5. The molecular formula is C11H6BrCl2FN2O. The molecule has 0 aliphatic rings. The largest absolute Gasteiger partial charge is 0.438 e. The summed E-state index contributed by atoms with van der Waals surface area (Å²) in [4.78, 5) is 7.75. The molecule has 0 spiro atoms. The molecule has 0 N–H and O–H groups in total. The molecule has 0 aliphatic heterocycles. The predicted molar refractivity (Wildman–Crippen MR) is 70.8 cm³/mol. The lowest BCUT2D eigenvalue weighted by Crippen LogP contribution is -1.96. The highest BCUT2D eigenvalue weighted by Crippen LogP contribution is 2.30. The molecule has 7 heteroatoms. The van der Waals surface area contributed by atoms with Gasteiger partial charge in [0.05, 0.1) is 15.9 Å². The van der Waals surface area contributed by atoms with Crippen molar-refractivity contribution in [2.24, 2.45) is 0 Å². The second kappa shape index (κ2) is 5.82. The van der Waals surface area contributed by atoms with Crippen LogP contribution in [0.4, 0.5) is 4.39 Å². The van der Waals surface area contributed by atoms with E-state index in [2.05, 4.69) is 25.9 Å². The molecule has 1 aromatic heterocycles. The van der Waals surface area contributed by atoms with Gasteiger partial charge in [-0.1, -0.05) is 11.6 Å². The number of rotatable bonds is 3. The maximum absolute atomic E-state index is 13.1. The van der Waals surface area contributed by atoms with Crippen molar-refractivity contribution in [2.75, 3.05) is 0 Å². The minimum Gasteiger partial charge on any atom is -0.438 e. The van der Waals surface area contributed by atoms with E-state index in [0.717, 1.165) is 0 Å². The van der Waals surface area contributed by atoms with Crippen molar-refractivity contribution in [3.63, 3.8) is 0 Å². The summed E-state index contributed by atoms with van der Waals surface area (Å²) in [6.45, 7) is 0. The fraction of sp³-hybridized carbons (Fsp3) is 0.0909. The summed E-state index contributed by atoms with van der Waals surface area (Å²) in [6, 6.07) is 4.25. The van der Waals surface area contributed by atoms with Gasteiger partial charge in [-0.15, -0.1) is 11.6 Å². The number of benzene rings is 1. The molecule has 3 nitrogen and oxygen atoms in total. The summed E-state index contributed by atoms with van der Waals surface area (Å²) < 4.78 is 18.9. The van der Waals surface area contributed by atoms with Crippen LogP contribution >= 0.6 is 39.1 Å². The van der Waals surface area contributed by atoms with Crippen molar-refractivity contribution in [3.8, 4) is 11.6 Å². The van der Waals surface area contributed by atoms with Crippen molar-refractivity contribution in [2.45, 2.75) is 5.88 Å². The van der Waals surface area contributed by atoms with Gasteiger partial charge >= 0.3 is 0 Å². The molecule has 94 valence electrons. The van der Waals surface area contributed by atoms with Crippen LogP contribution in [-0.4, -0.2) is 9.97 Å². The van der Waals surface area contributed by atoms with Crippen molar-refractivity contribution < 1.29 is 9.13 Å². The van der Waals surface area contributed by atoms with Gasteiger partial charge in [0.2, 0.25) is 5.88 Å². The molecule has 0 radical (unpaired) electrons. The summed E-state index contributed by atoms with van der Waals surface area (Å²) in [5.41, 5.74) is 0.487. The third-order valence-electron chi connectivity index (χ3n) is 2.09. The highest BCUT2D eigenvalue weighted by molar-refractivity contribution is 9.10. The van der Waals surface area contributed by atoms with Crippen molar-refractivity contribution in [1.29, 1.82) is 0 Å². The van der Waals surface area contributed by atoms with Crippen molar-refractivity contribution in [1.82, 2.24) is 9.97 Å². The number of hydrogen-bond acceptors (Lipinski definition) is 3. The quantitative estimate of drug-likeness (QED) is 0.600. The molecule has 0 amide bonds. The zero-order valence-corrected chi connectivity index (χ0v) is 11.9. The van der Waals surface area contributed by atoms with E-state index in [-0.39, 0.29) is 22.7 Å². The Morgan fingerprint density at radius 3 is 2.78 bits per heavy atom. The molecule has 1 aromatic carbocycles. The number of aromatic nitrogens is 2. The van der Waals surface area contributed by atoms with E-state index < -0.39 is 0 Å². The lowest BCUT2D eigenvalue weighted by molar-refractivity contribution is 0.454. The van der Waals surface area contributed by atoms with Gasteiger partial charge in [0.1, 0.15) is 23.0 Å². The van der Waals surface area contributed by atoms with Gasteiger partial charge in [-0.3, -0.25) is 0 Å². The number of nitrogens with zero attached hydrogens (tertiary/aromatic N) is 2. The number of alkyl halides is 1. The number of hydrogen-bond donors (Lipinski definition) is 0. The van der Waals surface area contributed by atoms with E-state index in [1.54, 1.807) is 0 Å². The van der Waals surface area contributed by atoms with Crippen LogP contribution in [0.25, 0.3) is 0 Å². The molecule has 0 saturated carbocycles. The van der Waals surface area contributed by atoms with E-state index in [9.17, 15) is 4.39 Å². The summed E-state index contributed by atoms with van der Waals surface area (Å²) in [5.74, 6) is 0.422. The fourth-order valence-electron chi connectivity index (χ4n) is 1.23. The molecule has 18 heavy (non-hydrogen) atoms. The van der Waals surface area contributed by atoms with E-state index in [4.69, 9.17) is 27.9 Å². The zero-order valence-electron chi connectivity index (χ0n) is 8.83. The van der Waals surface area contributed by atoms with Crippen LogP contribution < -0.4 is 4.74 Å². The lowest BCUT2D eigenvalue weighted by Gasteiger charge is -2.09. The maximum Gasteiger partial charge on any atom is 0.228 e. The third kappa shape index (κ3) is 2.91. The van der Waals surface area contributed by atoms with E-state index in [1.807, 2.05) is 0 Å². The van der Waals surface area contributed by atoms with Crippen molar-refractivity contribution >= 4 is 39.1 Å². The first-order valence-corrected chi connectivity index (χ1v) is 6.50. The van der Waals surface area contributed by atoms with E-state index >= 15 is 0 Å². The Labute approximate surface area is 121 Å². The van der Waals surface area contributed by atoms with Gasteiger partial charge in [0, 0.05) is 0 Å². The smallest absolute Gasteiger partial charge is 0.228 e. The first-order chi connectivity index (χ1) is 8.61. The third-order valence-corrected chi connectivity index (χ3v) is 3.29. The highest BCUT2D eigenvalue weighted by Gasteiger charge is 2.11. The standard InChI is InChI=1S/C11H6BrCl2FN2O/c12-8-3-6(1-2-9(8)15)18-11-7(4-13)10(14)16-5-17-11/h1-3,5H,4H2. The zero-order chi connectivity index (χ0) is 13.1. The van der Waals surface area contributed by atoms with Crippen LogP contribution in [-0.2, 0) is 5.88 Å². The fourth-order valence-corrected chi connectivity index (χ4v) is 2.09. The molecule has 0 bridgehead atoms. The Kier molecular flexibility index (Phi) is 4.37. The average molecular weight is 352 g/mol. The second-order valence-corrected chi connectivity index (χ2v) is 4.74. The monoisotopic (exact) mass is 350 g/mol. The van der Waals surface area contributed by atoms with Crippen LogP contribution in [0.3, 0.4) is 0 Å². The van der Waals surface area contributed by atoms with Gasteiger partial charge < -0.3 is 4.74 Å². The molecule has 0 atom stereocenters. The minimum absolute atomic E-state index is 0.122. The topological polar surface area (TPSA) is 35.0 Å². The molecular weight excluding hydrogens is 346 g/mol. The van der Waals surface area contributed by atoms with Crippen LogP contribution in [0.5, 0.6) is 11.6 Å². The van der Waals surface area contributed by atoms with Gasteiger partial charge in [-0.2, -0.15) is 0 Å². The van der Waals surface area contributed by atoms with Gasteiger partial charge in [-0.25, -0.2) is 14.4 Å². The Morgan fingerprint density at radius 2 is 2.11 bits per heavy atom. The Balaban J connectivity index is 2.34. The van der Waals surface area contributed by atoms with Gasteiger partial charge in [0.25, 0.3) is 0 Å². The molecule has 1 heterocycles. The lowest BCUT2D eigenvalue weighted by atomic mass is 10.3. The Morgan fingerprint density at radius 1 is 1.33 bits per heavy atom. The molecule has 0 unspecified atom stereocenters. The normalized spacial score (nSPS) is 10.4. The van der Waals surface area contributed by atoms with Crippen LogP contribution in [0, 0.1) is 5.82 Å². The van der Waals surface area contributed by atoms with Crippen LogP contribution in [0.2, 0.25) is 5.15 Å². The van der Waals surface area contributed by atoms with Crippen LogP contribution in [0.15, 0.2) is 29.0 Å². The first-order valence-electron chi connectivity index (χ1n) is 4.80. The molecule has 0 fully saturated rings. The molecule has 0 saturated heterocycles. The summed E-state index contributed by atoms with van der Waals surface area (Å²) >= 11 is 14.7. The minimum atomic E-state index is -0.374. The van der Waals surface area contributed by atoms with E-state index in [1.165, 1.54) is 24.5 Å². The average Bonchev–Trinajstić information content (AvgIpc) is 2.34. The molecule has 2 rings (SSSR count). The van der Waals surface area contributed by atoms with Gasteiger partial charge in [0.15, 0.2) is 0 Å². The van der Waals surface area contributed by atoms with Crippen LogP contribution in [0.1, 0.15) is 5.56 Å². The summed E-state index contributed by atoms with van der Waals surface area (Å²) in [5, 5.41) is 0.233. The number of halogens is 4. The predicted octanol–water partition coefficient (Wildman–Crippen LogP) is 4.56. The second-order valence-electron chi connectivity index (χ2n) is 3.26. The van der Waals surface area contributed by atoms with Gasteiger partial charge in [-0.05, 0) is 34.1 Å². The van der Waals surface area contributed by atoms with Crippen molar-refractivity contribution in [3.05, 3.63) is 45.5 Å². The molecule has 0 aliphatic carbocycles. The highest BCUT2D eigenvalue weighted by atomic mass is 79.9. The summed E-state index contributed by atoms with van der Waals surface area (Å²) in [7, 11) is 0. The Hall–Kier alpha value is -0.910. The maximum atomic E-state index is 13.1. The SMILES string of the molecule is Fc1ccc(Oc2ncnc(Cl)c2CCl)cc1Br.